The number of hydrogen-bond acceptors (Lipinski definition) is 3. The third kappa shape index (κ3) is 3.31. The Morgan fingerprint density at radius 2 is 2.29 bits per heavy atom. The Balaban J connectivity index is 3.00. The van der Waals surface area contributed by atoms with Crippen LogP contribution in [0.2, 0.25) is 6.55 Å². The molecule has 0 heterocycles. The molecular weight excluding hydrogens is 112 g/mol. The van der Waals surface area contributed by atoms with Gasteiger partial charge < -0.3 is 9.16 Å². The van der Waals surface area contributed by atoms with Crippen LogP contribution in [-0.4, -0.2) is 23.0 Å². The Labute approximate surface area is 44.6 Å². The molecule has 0 aromatic carbocycles. The quantitative estimate of drug-likeness (QED) is 0.358. The molecule has 4 heteroatoms. The molecule has 0 fully saturated rings. The van der Waals surface area contributed by atoms with Gasteiger partial charge in [0.25, 0.3) is 0 Å². The van der Waals surface area contributed by atoms with Crippen molar-refractivity contribution in [3.8, 4) is 0 Å². The molecule has 0 radical (unpaired) electrons. The van der Waals surface area contributed by atoms with Gasteiger partial charge in [-0.2, -0.15) is 0 Å². The zero-order chi connectivity index (χ0) is 5.70. The smallest absolute Gasteiger partial charge is 0.493 e. The number of rotatable bonds is 1. The van der Waals surface area contributed by atoms with Crippen LogP contribution in [0, 0.1) is 0 Å². The van der Waals surface area contributed by atoms with E-state index in [-0.39, 0.29) is 0 Å². The zero-order valence-electron chi connectivity index (χ0n) is 4.43. The molecule has 42 valence electrons. The second-order valence-electron chi connectivity index (χ2n) is 0.887. The van der Waals surface area contributed by atoms with E-state index in [1.54, 1.807) is 0 Å². The van der Waals surface area contributed by atoms with Gasteiger partial charge in [0.1, 0.15) is 0 Å². The number of methoxy groups -OCH3 is 1. The molecule has 3 nitrogen and oxygen atoms in total. The predicted octanol–water partition coefficient (Wildman–Crippen LogP) is -0.0987. The molecule has 0 atom stereocenters. The highest BCUT2D eigenvalue weighted by Crippen LogP contribution is 1.76. The van der Waals surface area contributed by atoms with Gasteiger partial charge in [-0.15, -0.1) is 0 Å². The fourth-order valence-electron chi connectivity index (χ4n) is 0.177. The standard InChI is InChI=1S/C3H8O3Si/c1-5-3(4)6-7-2/h7H2,1-2H3. The molecule has 0 aromatic heterocycles. The Hall–Kier alpha value is -0.513. The summed E-state index contributed by atoms with van der Waals surface area (Å²) in [5.41, 5.74) is 0. The lowest BCUT2D eigenvalue weighted by molar-refractivity contribution is 0.123. The largest absolute Gasteiger partial charge is 0.495 e. The number of hydrogen-bond donors (Lipinski definition) is 0. The van der Waals surface area contributed by atoms with Crippen molar-refractivity contribution < 1.29 is 14.0 Å². The summed E-state index contributed by atoms with van der Waals surface area (Å²) in [4.78, 5) is 10.0. The Morgan fingerprint density at radius 3 is 2.43 bits per heavy atom. The van der Waals surface area contributed by atoms with Gasteiger partial charge in [-0.3, -0.25) is 0 Å². The van der Waals surface area contributed by atoms with Gasteiger partial charge in [0, 0.05) is 0 Å². The van der Waals surface area contributed by atoms with Crippen LogP contribution in [-0.2, 0) is 9.16 Å². The van der Waals surface area contributed by atoms with Crippen LogP contribution in [0.25, 0.3) is 0 Å². The molecule has 0 aliphatic heterocycles. The summed E-state index contributed by atoms with van der Waals surface area (Å²) in [6.07, 6.45) is -0.561. The molecule has 0 bridgehead atoms. The molecule has 7 heavy (non-hydrogen) atoms. The minimum absolute atomic E-state index is 0.561. The highest BCUT2D eigenvalue weighted by atomic mass is 28.2. The van der Waals surface area contributed by atoms with Crippen molar-refractivity contribution in [1.29, 1.82) is 0 Å². The average Bonchev–Trinajstić information content (AvgIpc) is 1.68. The monoisotopic (exact) mass is 120 g/mol. The Morgan fingerprint density at radius 1 is 1.71 bits per heavy atom. The van der Waals surface area contributed by atoms with Crippen LogP contribution in [0.5, 0.6) is 0 Å². The van der Waals surface area contributed by atoms with Gasteiger partial charge in [-0.1, -0.05) is 0 Å². The summed E-state index contributed by atoms with van der Waals surface area (Å²) in [5.74, 6) is 0. The van der Waals surface area contributed by atoms with Crippen molar-refractivity contribution in [2.24, 2.45) is 0 Å². The lowest BCUT2D eigenvalue weighted by atomic mass is 11.4. The predicted molar refractivity (Wildman–Crippen MR) is 27.9 cm³/mol. The second-order valence-corrected chi connectivity index (χ2v) is 1.75. The Kier molecular flexibility index (Phi) is 3.40. The zero-order valence-corrected chi connectivity index (χ0v) is 5.85. The van der Waals surface area contributed by atoms with E-state index < -0.39 is 15.9 Å². The third-order valence-electron chi connectivity index (χ3n) is 0.429. The van der Waals surface area contributed by atoms with Crippen molar-refractivity contribution in [3.05, 3.63) is 0 Å². The first kappa shape index (κ1) is 6.49. The maximum atomic E-state index is 10.0. The van der Waals surface area contributed by atoms with Crippen molar-refractivity contribution in [2.75, 3.05) is 7.11 Å². The maximum Gasteiger partial charge on any atom is 0.493 e. The summed E-state index contributed by atoms with van der Waals surface area (Å²) in [5, 5.41) is 0. The van der Waals surface area contributed by atoms with E-state index in [9.17, 15) is 4.79 Å². The Bertz CT molecular complexity index is 63.2. The van der Waals surface area contributed by atoms with E-state index >= 15 is 0 Å². The third-order valence-corrected chi connectivity index (χ3v) is 0.953. The SMILES string of the molecule is COC(=O)O[SiH2]C. The lowest BCUT2D eigenvalue weighted by Crippen LogP contribution is -2.04. The first-order valence-corrected chi connectivity index (χ1v) is 4.01. The molecule has 0 rings (SSSR count). The van der Waals surface area contributed by atoms with E-state index in [0.717, 1.165) is 0 Å². The van der Waals surface area contributed by atoms with Crippen molar-refractivity contribution in [1.82, 2.24) is 0 Å². The van der Waals surface area contributed by atoms with E-state index in [4.69, 9.17) is 0 Å². The van der Waals surface area contributed by atoms with Gasteiger partial charge in [0.15, 0.2) is 0 Å². The van der Waals surface area contributed by atoms with Crippen LogP contribution in [0.4, 0.5) is 4.79 Å². The van der Waals surface area contributed by atoms with Crippen LogP contribution in [0.1, 0.15) is 0 Å². The molecular formula is C3H8O3Si. The number of carbonyl (C=O) groups is 1. The van der Waals surface area contributed by atoms with E-state index in [0.29, 0.717) is 0 Å². The fraction of sp³-hybridized carbons (Fsp3) is 0.667. The number of carbonyl (C=O) groups excluding carboxylic acids is 1. The van der Waals surface area contributed by atoms with Gasteiger partial charge in [-0.05, 0) is 6.55 Å². The summed E-state index contributed by atoms with van der Waals surface area (Å²) >= 11 is 0. The molecule has 0 N–H and O–H groups in total. The first-order chi connectivity index (χ1) is 3.31. The minimum atomic E-state index is -0.619. The summed E-state index contributed by atoms with van der Waals surface area (Å²) in [6, 6.07) is 0. The van der Waals surface area contributed by atoms with Gasteiger partial charge in [0.2, 0.25) is 9.76 Å². The van der Waals surface area contributed by atoms with Gasteiger partial charge in [0.05, 0.1) is 7.11 Å². The molecule has 0 aliphatic rings. The van der Waals surface area contributed by atoms with Gasteiger partial charge >= 0.3 is 6.16 Å². The van der Waals surface area contributed by atoms with E-state index in [2.05, 4.69) is 9.16 Å². The van der Waals surface area contributed by atoms with E-state index in [1.807, 2.05) is 6.55 Å². The minimum Gasteiger partial charge on any atom is -0.495 e. The highest BCUT2D eigenvalue weighted by Gasteiger charge is 1.92. The van der Waals surface area contributed by atoms with Crippen LogP contribution >= 0.6 is 0 Å². The first-order valence-electron chi connectivity index (χ1n) is 2.02. The van der Waals surface area contributed by atoms with Crippen molar-refractivity contribution in [2.45, 2.75) is 6.55 Å². The molecule has 0 spiro atoms. The normalized spacial score (nSPS) is 9.43. The molecule has 0 saturated carbocycles. The van der Waals surface area contributed by atoms with Crippen LogP contribution in [0.3, 0.4) is 0 Å². The fourth-order valence-corrected chi connectivity index (χ4v) is 0.530. The highest BCUT2D eigenvalue weighted by molar-refractivity contribution is 6.27. The summed E-state index contributed by atoms with van der Waals surface area (Å²) < 4.78 is 8.63. The molecule has 0 aliphatic carbocycles. The maximum absolute atomic E-state index is 10.0. The average molecular weight is 120 g/mol. The molecule has 0 amide bonds. The second kappa shape index (κ2) is 3.67. The lowest BCUT2D eigenvalue weighted by Gasteiger charge is -1.95. The van der Waals surface area contributed by atoms with Crippen LogP contribution < -0.4 is 0 Å². The van der Waals surface area contributed by atoms with Crippen molar-refractivity contribution >= 4 is 15.9 Å². The topological polar surface area (TPSA) is 35.5 Å². The van der Waals surface area contributed by atoms with E-state index in [1.165, 1.54) is 7.11 Å². The van der Waals surface area contributed by atoms with Crippen molar-refractivity contribution in [3.63, 3.8) is 0 Å². The molecule has 0 saturated heterocycles. The summed E-state index contributed by atoms with van der Waals surface area (Å²) in [7, 11) is 0.679. The number of ether oxygens (including phenoxy) is 1. The van der Waals surface area contributed by atoms with Crippen LogP contribution in [0.15, 0.2) is 0 Å². The molecule has 0 unspecified atom stereocenters. The molecule has 0 aromatic rings. The van der Waals surface area contributed by atoms with Gasteiger partial charge in [-0.25, -0.2) is 4.79 Å². The summed E-state index contributed by atoms with van der Waals surface area (Å²) in [6.45, 7) is 1.86.